The summed E-state index contributed by atoms with van der Waals surface area (Å²) >= 11 is 6.25. The van der Waals surface area contributed by atoms with Gasteiger partial charge in [0.1, 0.15) is 18.5 Å². The Morgan fingerprint density at radius 2 is 1.66 bits per heavy atom. The van der Waals surface area contributed by atoms with Gasteiger partial charge in [0, 0.05) is 25.1 Å². The lowest BCUT2D eigenvalue weighted by atomic mass is 9.91. The minimum atomic E-state index is -0.245. The van der Waals surface area contributed by atoms with Crippen LogP contribution in [-0.2, 0) is 25.5 Å². The van der Waals surface area contributed by atoms with E-state index in [0.717, 1.165) is 59.7 Å². The monoisotopic (exact) mass is 679 g/mol. The molecule has 47 heavy (non-hydrogen) atoms. The Hall–Kier alpha value is -2.65. The maximum absolute atomic E-state index is 9.59. The first-order chi connectivity index (χ1) is 22.3. The van der Waals surface area contributed by atoms with Crippen molar-refractivity contribution in [2.24, 2.45) is 17.6 Å². The van der Waals surface area contributed by atoms with E-state index in [1.807, 2.05) is 39.3 Å². The second kappa shape index (κ2) is 30.7. The van der Waals surface area contributed by atoms with Crippen molar-refractivity contribution < 1.29 is 23.8 Å². The maximum atomic E-state index is 9.59. The van der Waals surface area contributed by atoms with Crippen LogP contribution in [0.25, 0.3) is 0 Å². The molecule has 0 aliphatic heterocycles. The van der Waals surface area contributed by atoms with Gasteiger partial charge in [0.05, 0.1) is 7.11 Å². The Balaban J connectivity index is 0. The zero-order chi connectivity index (χ0) is 36.0. The third-order valence-corrected chi connectivity index (χ3v) is 6.82. The molecule has 0 saturated heterocycles. The lowest BCUT2D eigenvalue weighted by Gasteiger charge is -2.21. The number of nitrogens with two attached hydrogens (primary N) is 1. The summed E-state index contributed by atoms with van der Waals surface area (Å²) in [6.45, 7) is 15.5. The average molecular weight is 680 g/mol. The molecule has 2 aromatic rings. The van der Waals surface area contributed by atoms with Gasteiger partial charge in [-0.05, 0) is 93.3 Å². The van der Waals surface area contributed by atoms with E-state index in [1.54, 1.807) is 0 Å². The summed E-state index contributed by atoms with van der Waals surface area (Å²) in [6, 6.07) is 14.4. The minimum Gasteiger partial charge on any atom is -0.492 e. The van der Waals surface area contributed by atoms with Crippen LogP contribution in [-0.4, -0.2) is 71.8 Å². The van der Waals surface area contributed by atoms with Gasteiger partial charge >= 0.3 is 5.97 Å². The van der Waals surface area contributed by atoms with Gasteiger partial charge in [0.25, 0.3) is 0 Å². The fourth-order valence-electron chi connectivity index (χ4n) is 4.28. The first-order valence-corrected chi connectivity index (χ1v) is 17.4. The molecule has 8 nitrogen and oxygen atoms in total. The number of hydrogen-bond acceptors (Lipinski definition) is 7. The molecule has 1 saturated carbocycles. The molecule has 0 heterocycles. The van der Waals surface area contributed by atoms with Crippen LogP contribution in [0.4, 0.5) is 0 Å². The Morgan fingerprint density at radius 1 is 1.06 bits per heavy atom. The number of benzene rings is 2. The summed E-state index contributed by atoms with van der Waals surface area (Å²) in [6.07, 6.45) is 9.42. The van der Waals surface area contributed by atoms with E-state index in [1.165, 1.54) is 51.7 Å². The lowest BCUT2D eigenvalue weighted by Crippen LogP contribution is -2.19. The van der Waals surface area contributed by atoms with Crippen molar-refractivity contribution in [2.45, 2.75) is 92.6 Å². The standard InChI is InChI=1S/C23H33ClN2O2.C7H14.C4H10.C3H6O2.CH3NO/c1-5-12-28-23(19-7-6-8-21(24)16-19)20-14-18(9-10-25-2)15-22(17-20)27-13-11-26(3)4;1-7-5-3-2-4-6-7;1-4(2)3;1-3(4)5-2;2-1-3/h6-8,14-17,23,25H,5,9-13H2,1-4H3;7H,2-6H2,1H3;4H,1-3H3;1-2H3;1H,(H2,2,3). The van der Waals surface area contributed by atoms with Gasteiger partial charge in [-0.2, -0.15) is 0 Å². The van der Waals surface area contributed by atoms with Crippen LogP contribution in [0, 0.1) is 11.8 Å². The number of methoxy groups -OCH3 is 1. The second-order valence-electron chi connectivity index (χ2n) is 12.5. The van der Waals surface area contributed by atoms with Gasteiger partial charge in [0.15, 0.2) is 0 Å². The van der Waals surface area contributed by atoms with Crippen LogP contribution in [0.15, 0.2) is 42.5 Å². The molecule has 0 spiro atoms. The van der Waals surface area contributed by atoms with Crippen molar-refractivity contribution in [1.29, 1.82) is 0 Å². The van der Waals surface area contributed by atoms with Crippen molar-refractivity contribution in [1.82, 2.24) is 10.2 Å². The number of nitrogens with one attached hydrogen (secondary N) is 1. The van der Waals surface area contributed by atoms with E-state index in [0.29, 0.717) is 13.2 Å². The zero-order valence-electron chi connectivity index (χ0n) is 31.1. The maximum Gasteiger partial charge on any atom is 0.302 e. The van der Waals surface area contributed by atoms with Crippen LogP contribution in [0.3, 0.4) is 0 Å². The predicted molar refractivity (Wildman–Crippen MR) is 198 cm³/mol. The van der Waals surface area contributed by atoms with Crippen molar-refractivity contribution in [2.75, 3.05) is 54.6 Å². The molecule has 1 amide bonds. The van der Waals surface area contributed by atoms with Crippen molar-refractivity contribution in [3.63, 3.8) is 0 Å². The van der Waals surface area contributed by atoms with E-state index < -0.39 is 0 Å². The number of likely N-dealkylation sites (N-methyl/N-ethyl adjacent to an activating group) is 2. The smallest absolute Gasteiger partial charge is 0.302 e. The SMILES string of the molecule is CC(C)C.CC1CCCCC1.CCCOC(c1cccc(Cl)c1)c1cc(CCNC)cc(OCCN(C)C)c1.COC(C)=O.NC=O. The number of hydrogen-bond donors (Lipinski definition) is 2. The van der Waals surface area contributed by atoms with Crippen LogP contribution in [0.1, 0.15) is 103 Å². The van der Waals surface area contributed by atoms with Gasteiger partial charge in [0.2, 0.25) is 6.41 Å². The topological polar surface area (TPSA) is 103 Å². The average Bonchev–Trinajstić information content (AvgIpc) is 3.01. The third-order valence-electron chi connectivity index (χ3n) is 6.58. The molecular weight excluding hydrogens is 614 g/mol. The fraction of sp³-hybridized carbons (Fsp3) is 0.632. The second-order valence-corrected chi connectivity index (χ2v) is 13.0. The molecule has 270 valence electrons. The molecular formula is C38H66ClN3O5. The molecule has 0 bridgehead atoms. The third kappa shape index (κ3) is 28.1. The number of carbonyl (C=O) groups is 2. The lowest BCUT2D eigenvalue weighted by molar-refractivity contribution is -0.137. The Kier molecular flexibility index (Phi) is 30.3. The molecule has 1 aliphatic rings. The molecule has 1 aliphatic carbocycles. The van der Waals surface area contributed by atoms with Gasteiger partial charge in [-0.1, -0.05) is 96.5 Å². The number of rotatable bonds is 12. The predicted octanol–water partition coefficient (Wildman–Crippen LogP) is 8.09. The molecule has 3 N–H and O–H groups in total. The number of carbonyl (C=O) groups excluding carboxylic acids is 2. The Bertz CT molecular complexity index is 1040. The molecule has 1 fully saturated rings. The van der Waals surface area contributed by atoms with E-state index >= 15 is 0 Å². The molecule has 1 unspecified atom stereocenters. The van der Waals surface area contributed by atoms with Crippen LogP contribution >= 0.6 is 11.6 Å². The number of primary amides is 1. The number of halogens is 1. The van der Waals surface area contributed by atoms with Gasteiger partial charge in [-0.15, -0.1) is 0 Å². The summed E-state index contributed by atoms with van der Waals surface area (Å²) in [4.78, 5) is 20.3. The Morgan fingerprint density at radius 3 is 2.11 bits per heavy atom. The van der Waals surface area contributed by atoms with Crippen molar-refractivity contribution in [3.05, 3.63) is 64.2 Å². The Labute approximate surface area is 292 Å². The molecule has 0 aromatic heterocycles. The molecule has 0 radical (unpaired) electrons. The fourth-order valence-corrected chi connectivity index (χ4v) is 4.48. The van der Waals surface area contributed by atoms with Crippen molar-refractivity contribution in [3.8, 4) is 5.75 Å². The van der Waals surface area contributed by atoms with Crippen LogP contribution in [0.5, 0.6) is 5.75 Å². The van der Waals surface area contributed by atoms with Crippen LogP contribution < -0.4 is 15.8 Å². The quantitative estimate of drug-likeness (QED) is 0.173. The van der Waals surface area contributed by atoms with Crippen LogP contribution in [0.2, 0.25) is 5.02 Å². The number of ether oxygens (including phenoxy) is 3. The van der Waals surface area contributed by atoms with Gasteiger partial charge in [-0.25, -0.2) is 0 Å². The number of nitrogens with zero attached hydrogens (tertiary/aromatic N) is 1. The minimum absolute atomic E-state index is 0.163. The van der Waals surface area contributed by atoms with E-state index in [-0.39, 0.29) is 18.5 Å². The molecule has 9 heteroatoms. The number of esters is 1. The first-order valence-electron chi connectivity index (χ1n) is 17.0. The van der Waals surface area contributed by atoms with Gasteiger partial charge < -0.3 is 30.2 Å². The van der Waals surface area contributed by atoms with E-state index in [4.69, 9.17) is 25.9 Å². The molecule has 1 atom stereocenters. The first kappa shape index (κ1) is 46.5. The highest BCUT2D eigenvalue weighted by atomic mass is 35.5. The highest BCUT2D eigenvalue weighted by molar-refractivity contribution is 6.30. The summed E-state index contributed by atoms with van der Waals surface area (Å²) in [7, 11) is 7.41. The highest BCUT2D eigenvalue weighted by Gasteiger charge is 2.17. The largest absolute Gasteiger partial charge is 0.492 e. The number of amides is 1. The molecule has 3 rings (SSSR count). The van der Waals surface area contributed by atoms with Gasteiger partial charge in [-0.3, -0.25) is 9.59 Å². The highest BCUT2D eigenvalue weighted by Crippen LogP contribution is 2.31. The van der Waals surface area contributed by atoms with E-state index in [9.17, 15) is 4.79 Å². The summed E-state index contributed by atoms with van der Waals surface area (Å²) in [5.41, 5.74) is 7.56. The normalized spacial score (nSPS) is 12.9. The summed E-state index contributed by atoms with van der Waals surface area (Å²) in [5.74, 6) is 2.51. The summed E-state index contributed by atoms with van der Waals surface area (Å²) < 4.78 is 16.4. The van der Waals surface area contributed by atoms with Crippen molar-refractivity contribution >= 4 is 24.0 Å². The molecule has 2 aromatic carbocycles. The van der Waals surface area contributed by atoms with E-state index in [2.05, 4.69) is 79.6 Å². The zero-order valence-corrected chi connectivity index (χ0v) is 31.8. The summed E-state index contributed by atoms with van der Waals surface area (Å²) in [5, 5.41) is 3.94.